The molecule has 2 aromatic carbocycles. The molecule has 4 nitrogen and oxygen atoms in total. The first-order valence-electron chi connectivity index (χ1n) is 5.61. The van der Waals surface area contributed by atoms with Crippen molar-refractivity contribution in [3.05, 3.63) is 58.9 Å². The van der Waals surface area contributed by atoms with Gasteiger partial charge < -0.3 is 10.1 Å². The Bertz CT molecular complexity index is 827. The number of aromatic nitrogens is 2. The van der Waals surface area contributed by atoms with Crippen molar-refractivity contribution in [2.24, 2.45) is 0 Å². The van der Waals surface area contributed by atoms with Crippen molar-refractivity contribution in [2.75, 3.05) is 0 Å². The highest BCUT2D eigenvalue weighted by molar-refractivity contribution is 5.83. The average molecular weight is 256 g/mol. The predicted octanol–water partition coefficient (Wildman–Crippen LogP) is 2.43. The number of halogens is 1. The molecule has 0 aliphatic carbocycles. The fourth-order valence-electron chi connectivity index (χ4n) is 1.93. The van der Waals surface area contributed by atoms with E-state index in [0.29, 0.717) is 22.0 Å². The summed E-state index contributed by atoms with van der Waals surface area (Å²) in [6, 6.07) is 9.19. The van der Waals surface area contributed by atoms with E-state index in [-0.39, 0.29) is 5.56 Å². The van der Waals surface area contributed by atoms with Crippen LogP contribution in [0.4, 0.5) is 4.39 Å². The normalized spacial score (nSPS) is 10.8. The van der Waals surface area contributed by atoms with Crippen molar-refractivity contribution in [1.82, 2.24) is 9.97 Å². The van der Waals surface area contributed by atoms with Crippen LogP contribution >= 0.6 is 0 Å². The number of nitrogens with one attached hydrogen (secondary N) is 1. The molecule has 0 spiro atoms. The van der Waals surface area contributed by atoms with Gasteiger partial charge in [0, 0.05) is 0 Å². The van der Waals surface area contributed by atoms with Crippen molar-refractivity contribution in [3.63, 3.8) is 0 Å². The van der Waals surface area contributed by atoms with E-state index < -0.39 is 11.6 Å². The summed E-state index contributed by atoms with van der Waals surface area (Å²) in [5.74, 6) is -1.10. The number of phenolic OH excluding ortho intramolecular Hbond substituents is 1. The Balaban J connectivity index is 2.22. The van der Waals surface area contributed by atoms with Gasteiger partial charge in [-0.2, -0.15) is 0 Å². The summed E-state index contributed by atoms with van der Waals surface area (Å²) >= 11 is 0. The fraction of sp³-hybridized carbons (Fsp3) is 0. The smallest absolute Gasteiger partial charge is 0.258 e. The predicted molar refractivity (Wildman–Crippen MR) is 69.4 cm³/mol. The molecule has 0 bridgehead atoms. The number of hydrogen-bond donors (Lipinski definition) is 2. The molecule has 0 fully saturated rings. The summed E-state index contributed by atoms with van der Waals surface area (Å²) in [5, 5.41) is 9.60. The molecular weight excluding hydrogens is 247 g/mol. The molecule has 0 unspecified atom stereocenters. The van der Waals surface area contributed by atoms with Gasteiger partial charge >= 0.3 is 0 Å². The van der Waals surface area contributed by atoms with Crippen LogP contribution in [-0.2, 0) is 0 Å². The van der Waals surface area contributed by atoms with Crippen LogP contribution in [0.1, 0.15) is 0 Å². The highest BCUT2D eigenvalue weighted by Gasteiger charge is 2.06. The minimum atomic E-state index is -0.697. The van der Waals surface area contributed by atoms with Crippen LogP contribution in [0.15, 0.2) is 47.5 Å². The lowest BCUT2D eigenvalue weighted by Crippen LogP contribution is -2.05. The maximum Gasteiger partial charge on any atom is 0.258 e. The van der Waals surface area contributed by atoms with Crippen LogP contribution in [0.25, 0.3) is 22.0 Å². The molecule has 19 heavy (non-hydrogen) atoms. The number of H-pyrrole nitrogens is 1. The number of fused-ring (bicyclic) bond motifs is 1. The van der Waals surface area contributed by atoms with Gasteiger partial charge in [0.25, 0.3) is 5.56 Å². The van der Waals surface area contributed by atoms with E-state index in [4.69, 9.17) is 5.11 Å². The number of benzene rings is 2. The van der Waals surface area contributed by atoms with E-state index in [0.717, 1.165) is 0 Å². The van der Waals surface area contributed by atoms with Gasteiger partial charge in [0.1, 0.15) is 0 Å². The van der Waals surface area contributed by atoms with Crippen molar-refractivity contribution in [2.45, 2.75) is 0 Å². The second-order valence-corrected chi connectivity index (χ2v) is 4.13. The molecule has 0 atom stereocenters. The van der Waals surface area contributed by atoms with Crippen LogP contribution in [0.2, 0.25) is 0 Å². The van der Waals surface area contributed by atoms with Crippen LogP contribution in [-0.4, -0.2) is 15.1 Å². The maximum absolute atomic E-state index is 13.3. The van der Waals surface area contributed by atoms with Crippen LogP contribution in [0, 0.1) is 5.82 Å². The van der Waals surface area contributed by atoms with Gasteiger partial charge in [-0.15, -0.1) is 0 Å². The Morgan fingerprint density at radius 1 is 1.11 bits per heavy atom. The zero-order chi connectivity index (χ0) is 13.4. The second kappa shape index (κ2) is 4.20. The minimum Gasteiger partial charge on any atom is -0.505 e. The number of hydrogen-bond acceptors (Lipinski definition) is 3. The zero-order valence-corrected chi connectivity index (χ0v) is 9.72. The van der Waals surface area contributed by atoms with Gasteiger partial charge in [0.2, 0.25) is 0 Å². The van der Waals surface area contributed by atoms with E-state index in [1.807, 2.05) is 0 Å². The van der Waals surface area contributed by atoms with Gasteiger partial charge in [-0.3, -0.25) is 4.79 Å². The summed E-state index contributed by atoms with van der Waals surface area (Å²) < 4.78 is 13.3. The lowest BCUT2D eigenvalue weighted by Gasteiger charge is -2.04. The number of nitrogens with zero attached hydrogens (tertiary/aromatic N) is 1. The second-order valence-electron chi connectivity index (χ2n) is 4.13. The van der Waals surface area contributed by atoms with Crippen molar-refractivity contribution >= 4 is 10.9 Å². The molecule has 0 radical (unpaired) electrons. The Hall–Kier alpha value is -2.69. The topological polar surface area (TPSA) is 66.0 Å². The summed E-state index contributed by atoms with van der Waals surface area (Å²) in [7, 11) is 0. The van der Waals surface area contributed by atoms with Crippen molar-refractivity contribution in [1.29, 1.82) is 0 Å². The van der Waals surface area contributed by atoms with E-state index in [1.165, 1.54) is 18.5 Å². The van der Waals surface area contributed by atoms with Crippen LogP contribution in [0.5, 0.6) is 5.75 Å². The Morgan fingerprint density at radius 2 is 1.84 bits per heavy atom. The molecule has 1 aromatic heterocycles. The van der Waals surface area contributed by atoms with E-state index >= 15 is 0 Å². The molecule has 94 valence electrons. The molecule has 3 aromatic rings. The summed E-state index contributed by atoms with van der Waals surface area (Å²) in [6.45, 7) is 0. The number of rotatable bonds is 1. The monoisotopic (exact) mass is 256 g/mol. The Labute approximate surface area is 107 Å². The largest absolute Gasteiger partial charge is 0.505 e. The van der Waals surface area contributed by atoms with Crippen LogP contribution < -0.4 is 5.56 Å². The Kier molecular flexibility index (Phi) is 2.52. The molecule has 3 rings (SSSR count). The highest BCUT2D eigenvalue weighted by atomic mass is 19.1. The summed E-state index contributed by atoms with van der Waals surface area (Å²) in [6.07, 6.45) is 1.34. The molecule has 0 aliphatic rings. The lowest BCUT2D eigenvalue weighted by molar-refractivity contribution is 0.432. The van der Waals surface area contributed by atoms with E-state index in [2.05, 4.69) is 9.97 Å². The Morgan fingerprint density at radius 3 is 2.63 bits per heavy atom. The van der Waals surface area contributed by atoms with Gasteiger partial charge in [0.15, 0.2) is 11.6 Å². The quantitative estimate of drug-likeness (QED) is 0.702. The van der Waals surface area contributed by atoms with Crippen molar-refractivity contribution < 1.29 is 9.50 Å². The lowest BCUT2D eigenvalue weighted by atomic mass is 10.0. The first kappa shape index (κ1) is 11.4. The first-order valence-corrected chi connectivity index (χ1v) is 5.61. The fourth-order valence-corrected chi connectivity index (χ4v) is 1.93. The third kappa shape index (κ3) is 1.95. The molecule has 0 aliphatic heterocycles. The maximum atomic E-state index is 13.3. The van der Waals surface area contributed by atoms with Crippen LogP contribution in [0.3, 0.4) is 0 Å². The molecular formula is C14H9FN2O2. The summed E-state index contributed by atoms with van der Waals surface area (Å²) in [5.41, 5.74) is 1.60. The highest BCUT2D eigenvalue weighted by Crippen LogP contribution is 2.26. The molecule has 0 saturated carbocycles. The molecule has 0 amide bonds. The van der Waals surface area contributed by atoms with Crippen molar-refractivity contribution in [3.8, 4) is 16.9 Å². The standard InChI is InChI=1S/C14H9FN2O2/c15-11-6-9(2-4-13(11)18)8-1-3-12-10(5-8)14(19)17-7-16-12/h1-7,18H,(H,16,17,19). The van der Waals surface area contributed by atoms with Gasteiger partial charge in [0.05, 0.1) is 17.2 Å². The molecule has 5 heteroatoms. The molecule has 2 N–H and O–H groups in total. The third-order valence-corrected chi connectivity index (χ3v) is 2.92. The van der Waals surface area contributed by atoms with E-state index in [9.17, 15) is 9.18 Å². The third-order valence-electron chi connectivity index (χ3n) is 2.92. The molecule has 0 saturated heterocycles. The van der Waals surface area contributed by atoms with Gasteiger partial charge in [-0.1, -0.05) is 12.1 Å². The zero-order valence-electron chi connectivity index (χ0n) is 9.72. The van der Waals surface area contributed by atoms with Gasteiger partial charge in [-0.05, 0) is 35.4 Å². The van der Waals surface area contributed by atoms with E-state index in [1.54, 1.807) is 24.3 Å². The van der Waals surface area contributed by atoms with Gasteiger partial charge in [-0.25, -0.2) is 9.37 Å². The average Bonchev–Trinajstić information content (AvgIpc) is 2.42. The first-order chi connectivity index (χ1) is 9.15. The number of aromatic hydroxyl groups is 1. The molecule has 1 heterocycles. The minimum absolute atomic E-state index is 0.244. The summed E-state index contributed by atoms with van der Waals surface area (Å²) in [4.78, 5) is 18.2. The number of aromatic amines is 1. The number of phenols is 1. The SMILES string of the molecule is O=c1[nH]cnc2ccc(-c3ccc(O)c(F)c3)cc12.